The average molecular weight is 376 g/mol. The molecule has 0 aliphatic carbocycles. The van der Waals surface area contributed by atoms with Crippen LogP contribution in [0, 0.1) is 0 Å². The van der Waals surface area contributed by atoms with E-state index in [1.807, 2.05) is 29.2 Å². The minimum atomic E-state index is -0.156. The fourth-order valence-electron chi connectivity index (χ4n) is 3.68. The molecule has 1 aliphatic rings. The molecule has 1 N–H and O–H groups in total. The lowest BCUT2D eigenvalue weighted by Gasteiger charge is -2.33. The summed E-state index contributed by atoms with van der Waals surface area (Å²) in [5, 5.41) is 1.49. The van der Waals surface area contributed by atoms with Gasteiger partial charge in [0, 0.05) is 17.6 Å². The van der Waals surface area contributed by atoms with Crippen molar-refractivity contribution in [2.75, 3.05) is 19.7 Å². The molecule has 1 fully saturated rings. The van der Waals surface area contributed by atoms with Crippen molar-refractivity contribution in [3.63, 3.8) is 0 Å². The second-order valence-electron chi connectivity index (χ2n) is 7.18. The van der Waals surface area contributed by atoms with Crippen molar-refractivity contribution in [2.45, 2.75) is 25.9 Å². The van der Waals surface area contributed by atoms with Crippen LogP contribution in [0.1, 0.15) is 29.8 Å². The molecule has 1 atom stereocenters. The molecule has 3 aromatic rings. The lowest BCUT2D eigenvalue weighted by atomic mass is 10.0. The van der Waals surface area contributed by atoms with Crippen LogP contribution in [-0.4, -0.2) is 35.5 Å². The Kier molecular flexibility index (Phi) is 5.26. The van der Waals surface area contributed by atoms with Gasteiger partial charge in [-0.2, -0.15) is 0 Å². The number of hydrogen-bond donors (Lipinski definition) is 1. The molecule has 0 radical (unpaired) electrons. The second-order valence-corrected chi connectivity index (χ2v) is 7.18. The number of hydrogen-bond acceptors (Lipinski definition) is 3. The molecule has 5 heteroatoms. The number of pyridine rings is 1. The molecule has 28 heavy (non-hydrogen) atoms. The van der Waals surface area contributed by atoms with Gasteiger partial charge < -0.3 is 14.6 Å². The summed E-state index contributed by atoms with van der Waals surface area (Å²) in [6.45, 7) is 3.74. The van der Waals surface area contributed by atoms with E-state index in [1.54, 1.807) is 6.07 Å². The minimum absolute atomic E-state index is 0.00408. The molecule has 1 amide bonds. The van der Waals surface area contributed by atoms with E-state index in [0.717, 1.165) is 17.4 Å². The summed E-state index contributed by atoms with van der Waals surface area (Å²) in [7, 11) is 0. The van der Waals surface area contributed by atoms with E-state index in [0.29, 0.717) is 30.8 Å². The first kappa shape index (κ1) is 18.4. The highest BCUT2D eigenvalue weighted by Gasteiger charge is 2.25. The maximum Gasteiger partial charge on any atom is 0.256 e. The first-order chi connectivity index (χ1) is 13.6. The van der Waals surface area contributed by atoms with Crippen molar-refractivity contribution >= 4 is 16.7 Å². The Bertz CT molecular complexity index is 1040. The van der Waals surface area contributed by atoms with Crippen molar-refractivity contribution in [1.82, 2.24) is 9.88 Å². The van der Waals surface area contributed by atoms with Gasteiger partial charge in [-0.25, -0.2) is 0 Å². The molecule has 5 nitrogen and oxygen atoms in total. The van der Waals surface area contributed by atoms with Crippen molar-refractivity contribution in [1.29, 1.82) is 0 Å². The van der Waals surface area contributed by atoms with E-state index in [4.69, 9.17) is 4.74 Å². The number of fused-ring (bicyclic) bond motifs is 1. The Balaban J connectivity index is 1.47. The van der Waals surface area contributed by atoms with Crippen molar-refractivity contribution < 1.29 is 9.53 Å². The van der Waals surface area contributed by atoms with Gasteiger partial charge in [0.1, 0.15) is 6.10 Å². The molecule has 0 spiro atoms. The molecule has 4 rings (SSSR count). The van der Waals surface area contributed by atoms with Crippen LogP contribution < -0.4 is 5.56 Å². The Morgan fingerprint density at radius 3 is 2.75 bits per heavy atom. The smallest absolute Gasteiger partial charge is 0.256 e. The first-order valence-corrected chi connectivity index (χ1v) is 9.73. The molecule has 0 bridgehead atoms. The molecule has 1 aromatic heterocycles. The standard InChI is InChI=1S/C23H24N2O3/c1-2-16-7-9-17(10-8-16)21-15-25(11-12-28-21)22(26)14-19-13-18-5-3-4-6-20(18)23(27)24-19/h3-10,13,21H,2,11-12,14-15H2,1H3,(H,24,27). The van der Waals surface area contributed by atoms with Gasteiger partial charge in [-0.3, -0.25) is 9.59 Å². The number of H-pyrrole nitrogens is 1. The Hall–Kier alpha value is -2.92. The van der Waals surface area contributed by atoms with Crippen molar-refractivity contribution in [2.24, 2.45) is 0 Å². The quantitative estimate of drug-likeness (QED) is 0.760. The molecule has 1 saturated heterocycles. The van der Waals surface area contributed by atoms with Gasteiger partial charge in [-0.05, 0) is 35.1 Å². The fourth-order valence-corrected chi connectivity index (χ4v) is 3.68. The molecule has 2 aromatic carbocycles. The van der Waals surface area contributed by atoms with Gasteiger partial charge in [0.05, 0.1) is 19.6 Å². The minimum Gasteiger partial charge on any atom is -0.370 e. The number of amides is 1. The Morgan fingerprint density at radius 1 is 1.18 bits per heavy atom. The highest BCUT2D eigenvalue weighted by Crippen LogP contribution is 2.23. The Morgan fingerprint density at radius 2 is 1.96 bits per heavy atom. The number of rotatable bonds is 4. The van der Waals surface area contributed by atoms with E-state index in [9.17, 15) is 9.59 Å². The summed E-state index contributed by atoms with van der Waals surface area (Å²) >= 11 is 0. The van der Waals surface area contributed by atoms with E-state index in [1.165, 1.54) is 5.56 Å². The molecule has 1 aliphatic heterocycles. The summed E-state index contributed by atoms with van der Waals surface area (Å²) in [6.07, 6.45) is 1.07. The maximum absolute atomic E-state index is 12.8. The molecular formula is C23H24N2O3. The molecule has 0 saturated carbocycles. The van der Waals surface area contributed by atoms with Gasteiger partial charge >= 0.3 is 0 Å². The zero-order valence-electron chi connectivity index (χ0n) is 16.0. The number of aryl methyl sites for hydroxylation is 1. The number of carbonyl (C=O) groups is 1. The highest BCUT2D eigenvalue weighted by molar-refractivity contribution is 5.84. The summed E-state index contributed by atoms with van der Waals surface area (Å²) < 4.78 is 5.89. The number of morpholine rings is 1. The third kappa shape index (κ3) is 3.85. The normalized spacial score (nSPS) is 17.0. The number of aromatic nitrogens is 1. The summed E-state index contributed by atoms with van der Waals surface area (Å²) in [5.41, 5.74) is 2.86. The van der Waals surface area contributed by atoms with Gasteiger partial charge in [-0.15, -0.1) is 0 Å². The zero-order chi connectivity index (χ0) is 19.5. The van der Waals surface area contributed by atoms with Crippen molar-refractivity contribution in [3.8, 4) is 0 Å². The van der Waals surface area contributed by atoms with Crippen LogP contribution in [0.2, 0.25) is 0 Å². The number of nitrogens with one attached hydrogen (secondary N) is 1. The number of ether oxygens (including phenoxy) is 1. The van der Waals surface area contributed by atoms with Crippen molar-refractivity contribution in [3.05, 3.63) is 81.8 Å². The average Bonchev–Trinajstić information content (AvgIpc) is 2.74. The highest BCUT2D eigenvalue weighted by atomic mass is 16.5. The number of benzene rings is 2. The summed E-state index contributed by atoms with van der Waals surface area (Å²) in [5.74, 6) is 0.00408. The molecule has 1 unspecified atom stereocenters. The fraction of sp³-hybridized carbons (Fsp3) is 0.304. The number of nitrogens with zero attached hydrogens (tertiary/aromatic N) is 1. The van der Waals surface area contributed by atoms with E-state index < -0.39 is 0 Å². The van der Waals surface area contributed by atoms with E-state index in [2.05, 4.69) is 36.2 Å². The number of aromatic amines is 1. The SMILES string of the molecule is CCc1ccc(C2CN(C(=O)Cc3cc4ccccc4c(=O)[nH]3)CCO2)cc1. The molecule has 2 heterocycles. The summed E-state index contributed by atoms with van der Waals surface area (Å²) in [6, 6.07) is 17.7. The third-order valence-electron chi connectivity index (χ3n) is 5.33. The van der Waals surface area contributed by atoms with E-state index in [-0.39, 0.29) is 24.0 Å². The third-order valence-corrected chi connectivity index (χ3v) is 5.33. The van der Waals surface area contributed by atoms with Gasteiger partial charge in [0.15, 0.2) is 0 Å². The predicted molar refractivity (Wildman–Crippen MR) is 109 cm³/mol. The number of carbonyl (C=O) groups excluding carboxylic acids is 1. The zero-order valence-corrected chi connectivity index (χ0v) is 16.0. The van der Waals surface area contributed by atoms with Crippen LogP contribution in [0.5, 0.6) is 0 Å². The summed E-state index contributed by atoms with van der Waals surface area (Å²) in [4.78, 5) is 29.8. The molecular weight excluding hydrogens is 352 g/mol. The maximum atomic E-state index is 12.8. The van der Waals surface area contributed by atoms with Crippen LogP contribution in [0.15, 0.2) is 59.4 Å². The first-order valence-electron chi connectivity index (χ1n) is 9.73. The lowest BCUT2D eigenvalue weighted by Crippen LogP contribution is -2.43. The van der Waals surface area contributed by atoms with Crippen LogP contribution in [-0.2, 0) is 22.4 Å². The van der Waals surface area contributed by atoms with Gasteiger partial charge in [0.2, 0.25) is 5.91 Å². The van der Waals surface area contributed by atoms with Crippen LogP contribution >= 0.6 is 0 Å². The van der Waals surface area contributed by atoms with Crippen LogP contribution in [0.25, 0.3) is 10.8 Å². The van der Waals surface area contributed by atoms with Gasteiger partial charge in [-0.1, -0.05) is 49.4 Å². The second kappa shape index (κ2) is 7.98. The monoisotopic (exact) mass is 376 g/mol. The Labute approximate surface area is 163 Å². The van der Waals surface area contributed by atoms with E-state index >= 15 is 0 Å². The topological polar surface area (TPSA) is 62.4 Å². The largest absolute Gasteiger partial charge is 0.370 e. The van der Waals surface area contributed by atoms with Gasteiger partial charge in [0.25, 0.3) is 5.56 Å². The van der Waals surface area contributed by atoms with Crippen LogP contribution in [0.4, 0.5) is 0 Å². The van der Waals surface area contributed by atoms with Crippen LogP contribution in [0.3, 0.4) is 0 Å². The molecule has 144 valence electrons. The predicted octanol–water partition coefficient (Wildman–Crippen LogP) is 3.23. The lowest BCUT2D eigenvalue weighted by molar-refractivity contribution is -0.138.